The fourth-order valence-corrected chi connectivity index (χ4v) is 3.69. The Labute approximate surface area is 166 Å². The molecule has 1 amide bonds. The molecular formula is C21H18N6O2. The smallest absolute Gasteiger partial charge is 0.267 e. The number of aromatic nitrogens is 5. The van der Waals surface area contributed by atoms with Crippen LogP contribution in [0.25, 0.3) is 22.5 Å². The van der Waals surface area contributed by atoms with Crippen LogP contribution in [0.5, 0.6) is 0 Å². The summed E-state index contributed by atoms with van der Waals surface area (Å²) in [5.41, 5.74) is 2.01. The van der Waals surface area contributed by atoms with Crippen LogP contribution >= 0.6 is 0 Å². The summed E-state index contributed by atoms with van der Waals surface area (Å²) in [7, 11) is 0. The van der Waals surface area contributed by atoms with Gasteiger partial charge in [0.25, 0.3) is 11.8 Å². The van der Waals surface area contributed by atoms with Crippen molar-refractivity contribution in [3.63, 3.8) is 0 Å². The van der Waals surface area contributed by atoms with E-state index in [1.54, 1.807) is 24.8 Å². The van der Waals surface area contributed by atoms with Crippen LogP contribution < -0.4 is 0 Å². The highest BCUT2D eigenvalue weighted by atomic mass is 16.4. The van der Waals surface area contributed by atoms with E-state index in [-0.39, 0.29) is 11.9 Å². The van der Waals surface area contributed by atoms with Gasteiger partial charge >= 0.3 is 0 Å². The molecule has 1 aliphatic heterocycles. The highest BCUT2D eigenvalue weighted by molar-refractivity contribution is 5.98. The predicted octanol–water partition coefficient (Wildman–Crippen LogP) is 3.44. The highest BCUT2D eigenvalue weighted by Gasteiger charge is 2.32. The number of nitrogens with zero attached hydrogens (tertiary/aromatic N) is 6. The maximum atomic E-state index is 13.3. The summed E-state index contributed by atoms with van der Waals surface area (Å²) in [6, 6.07) is 9.15. The zero-order valence-electron chi connectivity index (χ0n) is 15.6. The molecule has 0 saturated carbocycles. The molecule has 4 heterocycles. The number of carbonyl (C=O) groups excluding carboxylic acids is 1. The minimum Gasteiger partial charge on any atom is -0.417 e. The van der Waals surface area contributed by atoms with Gasteiger partial charge < -0.3 is 9.32 Å². The van der Waals surface area contributed by atoms with Gasteiger partial charge in [-0.25, -0.2) is 4.98 Å². The lowest BCUT2D eigenvalue weighted by atomic mass is 10.00. The lowest BCUT2D eigenvalue weighted by Crippen LogP contribution is -2.38. The fraction of sp³-hybridized carbons (Fsp3) is 0.238. The summed E-state index contributed by atoms with van der Waals surface area (Å²) < 4.78 is 5.87. The Morgan fingerprint density at radius 1 is 1.07 bits per heavy atom. The van der Waals surface area contributed by atoms with Gasteiger partial charge in [-0.05, 0) is 43.5 Å². The fourth-order valence-electron chi connectivity index (χ4n) is 3.69. The van der Waals surface area contributed by atoms with Crippen LogP contribution in [0.15, 0.2) is 59.5 Å². The Bertz CT molecular complexity index is 1160. The number of pyridine rings is 1. The van der Waals surface area contributed by atoms with E-state index in [1.165, 1.54) is 0 Å². The minimum atomic E-state index is -0.251. The van der Waals surface area contributed by atoms with Gasteiger partial charge in [0, 0.05) is 36.1 Å². The molecule has 144 valence electrons. The number of amides is 1. The number of rotatable bonds is 3. The van der Waals surface area contributed by atoms with E-state index in [2.05, 4.69) is 25.1 Å². The SMILES string of the molecule is O=C(c1ccc2ncccc2c1)N1CCCCC1c1nnc(-c2cnccn2)o1. The molecule has 3 aromatic heterocycles. The number of piperidine rings is 1. The molecule has 4 aromatic rings. The van der Waals surface area contributed by atoms with E-state index in [1.807, 2.05) is 35.2 Å². The van der Waals surface area contributed by atoms with Crippen LogP contribution in [0.4, 0.5) is 0 Å². The summed E-state index contributed by atoms with van der Waals surface area (Å²) in [4.78, 5) is 27.7. The van der Waals surface area contributed by atoms with Gasteiger partial charge in [0.1, 0.15) is 11.7 Å². The number of fused-ring (bicyclic) bond motifs is 1. The number of hydrogen-bond donors (Lipinski definition) is 0. The second-order valence-corrected chi connectivity index (χ2v) is 6.96. The molecule has 8 nitrogen and oxygen atoms in total. The van der Waals surface area contributed by atoms with E-state index >= 15 is 0 Å². The Morgan fingerprint density at radius 2 is 2.03 bits per heavy atom. The van der Waals surface area contributed by atoms with Gasteiger partial charge in [-0.2, -0.15) is 0 Å². The van der Waals surface area contributed by atoms with Crippen LogP contribution in [0.2, 0.25) is 0 Å². The molecule has 1 aliphatic rings. The molecule has 5 rings (SSSR count). The van der Waals surface area contributed by atoms with E-state index in [0.717, 1.165) is 30.2 Å². The van der Waals surface area contributed by atoms with Crippen LogP contribution in [0.3, 0.4) is 0 Å². The molecule has 29 heavy (non-hydrogen) atoms. The highest BCUT2D eigenvalue weighted by Crippen LogP contribution is 2.32. The molecule has 8 heteroatoms. The maximum absolute atomic E-state index is 13.3. The van der Waals surface area contributed by atoms with Crippen LogP contribution in [-0.2, 0) is 0 Å². The first-order valence-corrected chi connectivity index (χ1v) is 9.55. The topological polar surface area (TPSA) is 97.9 Å². The maximum Gasteiger partial charge on any atom is 0.267 e. The van der Waals surface area contributed by atoms with Crippen LogP contribution in [0, 0.1) is 0 Å². The molecule has 1 aromatic carbocycles. The zero-order chi connectivity index (χ0) is 19.6. The Balaban J connectivity index is 1.45. The third kappa shape index (κ3) is 3.33. The molecule has 0 bridgehead atoms. The summed E-state index contributed by atoms with van der Waals surface area (Å²) in [5.74, 6) is 0.698. The lowest BCUT2D eigenvalue weighted by molar-refractivity contribution is 0.0572. The molecule has 0 aliphatic carbocycles. The Kier molecular flexibility index (Phi) is 4.44. The van der Waals surface area contributed by atoms with E-state index in [0.29, 0.717) is 29.6 Å². The van der Waals surface area contributed by atoms with Crippen LogP contribution in [-0.4, -0.2) is 42.5 Å². The Morgan fingerprint density at radius 3 is 2.93 bits per heavy atom. The summed E-state index contributed by atoms with van der Waals surface area (Å²) in [6.45, 7) is 0.650. The van der Waals surface area contributed by atoms with Gasteiger partial charge in [0.15, 0.2) is 0 Å². The minimum absolute atomic E-state index is 0.0419. The van der Waals surface area contributed by atoms with Crippen molar-refractivity contribution in [2.24, 2.45) is 0 Å². The molecule has 1 unspecified atom stereocenters. The third-order valence-electron chi connectivity index (χ3n) is 5.12. The standard InChI is InChI=1S/C21H18N6O2/c28-21(15-6-7-16-14(12-15)4-3-8-23-16)27-11-2-1-5-18(27)20-26-25-19(29-20)17-13-22-9-10-24-17/h3-4,6-10,12-13,18H,1-2,5,11H2. The first-order valence-electron chi connectivity index (χ1n) is 9.55. The van der Waals surface area contributed by atoms with E-state index < -0.39 is 0 Å². The first kappa shape index (κ1) is 17.4. The zero-order valence-corrected chi connectivity index (χ0v) is 15.6. The lowest BCUT2D eigenvalue weighted by Gasteiger charge is -2.33. The number of likely N-dealkylation sites (tertiary alicyclic amines) is 1. The molecule has 0 spiro atoms. The summed E-state index contributed by atoms with van der Waals surface area (Å²) in [6.07, 6.45) is 9.20. The molecule has 1 saturated heterocycles. The average Bonchev–Trinajstić information content (AvgIpc) is 3.29. The number of carbonyl (C=O) groups is 1. The summed E-state index contributed by atoms with van der Waals surface area (Å²) >= 11 is 0. The quantitative estimate of drug-likeness (QED) is 0.532. The molecule has 1 fully saturated rings. The predicted molar refractivity (Wildman–Crippen MR) is 105 cm³/mol. The van der Waals surface area contributed by atoms with Crippen molar-refractivity contribution < 1.29 is 9.21 Å². The number of benzene rings is 1. The molecule has 0 N–H and O–H groups in total. The largest absolute Gasteiger partial charge is 0.417 e. The van der Waals surface area contributed by atoms with Gasteiger partial charge in [-0.15, -0.1) is 10.2 Å². The summed E-state index contributed by atoms with van der Waals surface area (Å²) in [5, 5.41) is 9.25. The van der Waals surface area contributed by atoms with Crippen molar-refractivity contribution in [3.8, 4) is 11.6 Å². The van der Waals surface area contributed by atoms with Crippen molar-refractivity contribution in [1.29, 1.82) is 0 Å². The monoisotopic (exact) mass is 386 g/mol. The van der Waals surface area contributed by atoms with Crippen molar-refractivity contribution >= 4 is 16.8 Å². The van der Waals surface area contributed by atoms with Gasteiger partial charge in [0.2, 0.25) is 5.89 Å². The second-order valence-electron chi connectivity index (χ2n) is 6.96. The van der Waals surface area contributed by atoms with Crippen LogP contribution in [0.1, 0.15) is 41.6 Å². The Hall–Kier alpha value is -3.68. The van der Waals surface area contributed by atoms with Crippen molar-refractivity contribution in [2.75, 3.05) is 6.54 Å². The van der Waals surface area contributed by atoms with E-state index in [9.17, 15) is 4.79 Å². The third-order valence-corrected chi connectivity index (χ3v) is 5.12. The normalized spacial score (nSPS) is 16.8. The van der Waals surface area contributed by atoms with Gasteiger partial charge in [0.05, 0.1) is 11.7 Å². The molecule has 0 radical (unpaired) electrons. The van der Waals surface area contributed by atoms with Crippen molar-refractivity contribution in [1.82, 2.24) is 30.0 Å². The van der Waals surface area contributed by atoms with Gasteiger partial charge in [-0.1, -0.05) is 6.07 Å². The molecular weight excluding hydrogens is 368 g/mol. The average molecular weight is 386 g/mol. The number of hydrogen-bond acceptors (Lipinski definition) is 7. The second kappa shape index (κ2) is 7.38. The van der Waals surface area contributed by atoms with E-state index in [4.69, 9.17) is 4.42 Å². The van der Waals surface area contributed by atoms with Crippen molar-refractivity contribution in [2.45, 2.75) is 25.3 Å². The molecule has 1 atom stereocenters. The van der Waals surface area contributed by atoms with Crippen molar-refractivity contribution in [3.05, 3.63) is 66.6 Å². The first-order chi connectivity index (χ1) is 14.3. The van der Waals surface area contributed by atoms with Gasteiger partial charge in [-0.3, -0.25) is 14.8 Å².